The quantitative estimate of drug-likeness (QED) is 0.561. The number of nitrogens with one attached hydrogen (secondary N) is 2. The summed E-state index contributed by atoms with van der Waals surface area (Å²) in [6, 6.07) is 7.13. The zero-order valence-electron chi connectivity index (χ0n) is 18.6. The minimum Gasteiger partial charge on any atom is -0.478 e. The first-order valence-electron chi connectivity index (χ1n) is 10.5. The molecule has 0 radical (unpaired) electrons. The first-order chi connectivity index (χ1) is 15.9. The maximum absolute atomic E-state index is 12.6. The van der Waals surface area contributed by atoms with Crippen molar-refractivity contribution >= 4 is 45.9 Å². The number of morpholine rings is 1. The Bertz CT molecular complexity index is 1250. The summed E-state index contributed by atoms with van der Waals surface area (Å²) in [5.74, 6) is 0.817. The van der Waals surface area contributed by atoms with Crippen LogP contribution in [0.25, 0.3) is 10.9 Å². The van der Waals surface area contributed by atoms with Crippen molar-refractivity contribution in [1.29, 1.82) is 0 Å². The SMILES string of the molecule is CNC(=O)COc1cc2cc(Nc3nc(N4CCOC(C)C4)ncc3Cl)ccc2n(C)c1=O. The van der Waals surface area contributed by atoms with Crippen molar-refractivity contribution in [2.45, 2.75) is 13.0 Å². The lowest BCUT2D eigenvalue weighted by Gasteiger charge is -2.31. The van der Waals surface area contributed by atoms with Crippen LogP contribution < -0.4 is 25.8 Å². The third-order valence-corrected chi connectivity index (χ3v) is 5.62. The lowest BCUT2D eigenvalue weighted by molar-refractivity contribution is -0.122. The zero-order valence-corrected chi connectivity index (χ0v) is 19.3. The lowest BCUT2D eigenvalue weighted by atomic mass is 10.2. The van der Waals surface area contributed by atoms with E-state index in [1.165, 1.54) is 11.6 Å². The fraction of sp³-hybridized carbons (Fsp3) is 0.364. The van der Waals surface area contributed by atoms with Gasteiger partial charge < -0.3 is 29.6 Å². The number of halogens is 1. The largest absolute Gasteiger partial charge is 0.478 e. The highest BCUT2D eigenvalue weighted by Crippen LogP contribution is 2.28. The van der Waals surface area contributed by atoms with E-state index < -0.39 is 0 Å². The van der Waals surface area contributed by atoms with E-state index >= 15 is 0 Å². The van der Waals surface area contributed by atoms with Crippen LogP contribution in [0.4, 0.5) is 17.5 Å². The van der Waals surface area contributed by atoms with Crippen LogP contribution in [0, 0.1) is 0 Å². The van der Waals surface area contributed by atoms with Crippen LogP contribution in [0.15, 0.2) is 35.3 Å². The molecular formula is C22H25ClN6O4. The predicted molar refractivity (Wildman–Crippen MR) is 127 cm³/mol. The lowest BCUT2D eigenvalue weighted by Crippen LogP contribution is -2.42. The summed E-state index contributed by atoms with van der Waals surface area (Å²) in [6.07, 6.45) is 1.67. The number of fused-ring (bicyclic) bond motifs is 1. The van der Waals surface area contributed by atoms with E-state index in [9.17, 15) is 9.59 Å². The van der Waals surface area contributed by atoms with Gasteiger partial charge in [-0.25, -0.2) is 4.98 Å². The van der Waals surface area contributed by atoms with Crippen LogP contribution in [0.1, 0.15) is 6.92 Å². The Morgan fingerprint density at radius 3 is 2.94 bits per heavy atom. The number of benzene rings is 1. The number of rotatable bonds is 6. The number of pyridine rings is 1. The molecule has 174 valence electrons. The number of amides is 1. The molecule has 1 saturated heterocycles. The van der Waals surface area contributed by atoms with Crippen LogP contribution in [0.5, 0.6) is 5.75 Å². The van der Waals surface area contributed by atoms with Crippen molar-refractivity contribution in [2.24, 2.45) is 7.05 Å². The molecule has 1 amide bonds. The van der Waals surface area contributed by atoms with Gasteiger partial charge in [0.25, 0.3) is 11.5 Å². The maximum atomic E-state index is 12.6. The van der Waals surface area contributed by atoms with E-state index in [1.807, 2.05) is 25.1 Å². The van der Waals surface area contributed by atoms with E-state index in [0.29, 0.717) is 36.5 Å². The van der Waals surface area contributed by atoms with E-state index in [0.717, 1.165) is 16.6 Å². The first kappa shape index (κ1) is 22.8. The molecule has 0 bridgehead atoms. The summed E-state index contributed by atoms with van der Waals surface area (Å²) in [5.41, 5.74) is 1.12. The number of carbonyl (C=O) groups excluding carboxylic acids is 1. The van der Waals surface area contributed by atoms with Gasteiger partial charge in [-0.2, -0.15) is 4.98 Å². The Labute approximate surface area is 195 Å². The van der Waals surface area contributed by atoms with Crippen molar-refractivity contribution in [3.05, 3.63) is 45.8 Å². The molecule has 10 nitrogen and oxygen atoms in total. The number of carbonyl (C=O) groups is 1. The highest BCUT2D eigenvalue weighted by Gasteiger charge is 2.20. The Hall–Kier alpha value is -3.37. The van der Waals surface area contributed by atoms with Crippen LogP contribution in [0.2, 0.25) is 5.02 Å². The topological polar surface area (TPSA) is 111 Å². The molecule has 1 aliphatic rings. The predicted octanol–water partition coefficient (Wildman–Crippen LogP) is 2.08. The Balaban J connectivity index is 1.62. The average molecular weight is 473 g/mol. The third-order valence-electron chi connectivity index (χ3n) is 5.35. The van der Waals surface area contributed by atoms with Crippen LogP contribution in [-0.2, 0) is 16.6 Å². The van der Waals surface area contributed by atoms with Crippen molar-refractivity contribution in [3.8, 4) is 5.75 Å². The second kappa shape index (κ2) is 9.63. The molecule has 2 aromatic heterocycles. The first-order valence-corrected chi connectivity index (χ1v) is 10.9. The van der Waals surface area contributed by atoms with Gasteiger partial charge >= 0.3 is 0 Å². The number of nitrogens with zero attached hydrogens (tertiary/aromatic N) is 4. The normalized spacial score (nSPS) is 16.0. The molecular weight excluding hydrogens is 448 g/mol. The van der Waals surface area contributed by atoms with E-state index in [-0.39, 0.29) is 29.9 Å². The van der Waals surface area contributed by atoms with Crippen LogP contribution in [-0.4, -0.2) is 59.9 Å². The molecule has 4 rings (SSSR count). The van der Waals surface area contributed by atoms with Crippen LogP contribution >= 0.6 is 11.6 Å². The minimum atomic E-state index is -0.324. The molecule has 0 spiro atoms. The fourth-order valence-electron chi connectivity index (χ4n) is 3.58. The number of likely N-dealkylation sites (N-methyl/N-ethyl adjacent to an activating group) is 1. The minimum absolute atomic E-state index is 0.0922. The molecule has 11 heteroatoms. The van der Waals surface area contributed by atoms with Crippen LogP contribution in [0.3, 0.4) is 0 Å². The Morgan fingerprint density at radius 2 is 2.18 bits per heavy atom. The molecule has 33 heavy (non-hydrogen) atoms. The molecule has 3 heterocycles. The molecule has 1 aromatic carbocycles. The van der Waals surface area contributed by atoms with Gasteiger partial charge in [-0.05, 0) is 31.2 Å². The van der Waals surface area contributed by atoms with Gasteiger partial charge in [-0.15, -0.1) is 0 Å². The van der Waals surface area contributed by atoms with Gasteiger partial charge in [0, 0.05) is 38.3 Å². The van der Waals surface area contributed by atoms with E-state index in [1.54, 1.807) is 19.3 Å². The molecule has 0 saturated carbocycles. The number of anilines is 3. The number of ether oxygens (including phenoxy) is 2. The zero-order chi connectivity index (χ0) is 23.5. The maximum Gasteiger partial charge on any atom is 0.293 e. The van der Waals surface area contributed by atoms with Gasteiger partial charge in [0.2, 0.25) is 5.95 Å². The standard InChI is InChI=1S/C22H25ClN6O4/c1-13-11-29(6-7-32-13)22-25-10-16(23)20(27-22)26-15-4-5-17-14(8-15)9-18(21(31)28(17)3)33-12-19(30)24-2/h4-5,8-10,13H,6-7,11-12H2,1-3H3,(H,24,30)(H,25,26,27). The van der Waals surface area contributed by atoms with E-state index in [4.69, 9.17) is 21.1 Å². The number of aromatic nitrogens is 3. The van der Waals surface area contributed by atoms with Gasteiger partial charge in [-0.1, -0.05) is 11.6 Å². The number of hydrogen-bond acceptors (Lipinski definition) is 8. The van der Waals surface area contributed by atoms with Crippen molar-refractivity contribution < 1.29 is 14.3 Å². The second-order valence-electron chi connectivity index (χ2n) is 7.73. The van der Waals surface area contributed by atoms with E-state index in [2.05, 4.69) is 25.5 Å². The molecule has 2 N–H and O–H groups in total. The summed E-state index contributed by atoms with van der Waals surface area (Å²) in [4.78, 5) is 35.1. The summed E-state index contributed by atoms with van der Waals surface area (Å²) < 4.78 is 12.5. The summed E-state index contributed by atoms with van der Waals surface area (Å²) in [6.45, 7) is 3.78. The van der Waals surface area contributed by atoms with Crippen molar-refractivity contribution in [3.63, 3.8) is 0 Å². The summed E-state index contributed by atoms with van der Waals surface area (Å²) in [5, 5.41) is 6.83. The van der Waals surface area contributed by atoms with Gasteiger partial charge in [0.05, 0.1) is 24.4 Å². The van der Waals surface area contributed by atoms with Gasteiger partial charge in [-0.3, -0.25) is 9.59 Å². The molecule has 1 aliphatic heterocycles. The van der Waals surface area contributed by atoms with Crippen molar-refractivity contribution in [2.75, 3.05) is 43.6 Å². The Kier molecular flexibility index (Phi) is 6.66. The number of hydrogen-bond donors (Lipinski definition) is 2. The monoisotopic (exact) mass is 472 g/mol. The summed E-state index contributed by atoms with van der Waals surface area (Å²) >= 11 is 6.35. The van der Waals surface area contributed by atoms with Gasteiger partial charge in [0.1, 0.15) is 5.02 Å². The third kappa shape index (κ3) is 5.01. The molecule has 1 unspecified atom stereocenters. The highest BCUT2D eigenvalue weighted by molar-refractivity contribution is 6.32. The fourth-order valence-corrected chi connectivity index (χ4v) is 3.72. The second-order valence-corrected chi connectivity index (χ2v) is 8.13. The smallest absolute Gasteiger partial charge is 0.293 e. The Morgan fingerprint density at radius 1 is 1.36 bits per heavy atom. The summed E-state index contributed by atoms with van der Waals surface area (Å²) in [7, 11) is 3.16. The highest BCUT2D eigenvalue weighted by atomic mass is 35.5. The molecule has 0 aliphatic carbocycles. The van der Waals surface area contributed by atoms with Crippen molar-refractivity contribution in [1.82, 2.24) is 19.9 Å². The molecule has 1 fully saturated rings. The van der Waals surface area contributed by atoms with Gasteiger partial charge in [0.15, 0.2) is 18.2 Å². The average Bonchev–Trinajstić information content (AvgIpc) is 2.81. The number of aryl methyl sites for hydroxylation is 1. The molecule has 1 atom stereocenters. The molecule has 3 aromatic rings.